The fourth-order valence-electron chi connectivity index (χ4n) is 4.50. The van der Waals surface area contributed by atoms with Crippen molar-refractivity contribution in [2.75, 3.05) is 0 Å². The van der Waals surface area contributed by atoms with Crippen LogP contribution in [0.2, 0.25) is 5.02 Å². The highest BCUT2D eigenvalue weighted by atomic mass is 35.5. The third kappa shape index (κ3) is 4.79. The molecule has 0 unspecified atom stereocenters. The summed E-state index contributed by atoms with van der Waals surface area (Å²) >= 11 is 6.14. The average Bonchev–Trinajstić information content (AvgIpc) is 3.73. The maximum atomic E-state index is 15.3. The molecule has 1 N–H and O–H groups in total. The topological polar surface area (TPSA) is 94.0 Å². The molecule has 0 fully saturated rings. The Kier molecular flexibility index (Phi) is 6.41. The number of pyridine rings is 1. The molecule has 0 amide bonds. The summed E-state index contributed by atoms with van der Waals surface area (Å²) in [6, 6.07) is 12.8. The molecule has 194 valence electrons. The van der Waals surface area contributed by atoms with Gasteiger partial charge in [0.2, 0.25) is 6.20 Å². The molecule has 0 saturated carbocycles. The standard InChI is InChI=1S/C27H20ClF2N9/c1-37-25(15-33-35-37)19-14-34-39(16-19)24(12-17-2-5-20(29)6-3-17)22-8-4-18(13-31-22)26-23(38-11-10-32-36-38)9-7-21(28)27(26)30/h2-11,13-16,24H,12H2,1H3/p+1/t24-/m0/s1. The lowest BCUT2D eigenvalue weighted by Gasteiger charge is -2.18. The van der Waals surface area contributed by atoms with Crippen molar-refractivity contribution in [3.63, 3.8) is 0 Å². The van der Waals surface area contributed by atoms with E-state index in [2.05, 4.69) is 25.7 Å². The first-order valence-electron chi connectivity index (χ1n) is 12.0. The monoisotopic (exact) mass is 544 g/mol. The van der Waals surface area contributed by atoms with Gasteiger partial charge in [0.25, 0.3) is 0 Å². The van der Waals surface area contributed by atoms with E-state index >= 15 is 4.39 Å². The summed E-state index contributed by atoms with van der Waals surface area (Å²) in [5.41, 5.74) is 4.61. The Morgan fingerprint density at radius 1 is 1.00 bits per heavy atom. The van der Waals surface area contributed by atoms with Crippen molar-refractivity contribution in [1.82, 2.24) is 40.1 Å². The average molecular weight is 545 g/mol. The van der Waals surface area contributed by atoms with Gasteiger partial charge < -0.3 is 0 Å². The molecule has 0 aliphatic heterocycles. The summed E-state index contributed by atoms with van der Waals surface area (Å²) in [6.07, 6.45) is 10.7. The number of aryl methyl sites for hydroxylation is 1. The second-order valence-corrected chi connectivity index (χ2v) is 9.33. The van der Waals surface area contributed by atoms with E-state index in [4.69, 9.17) is 16.6 Å². The van der Waals surface area contributed by atoms with E-state index in [0.29, 0.717) is 23.4 Å². The van der Waals surface area contributed by atoms with Crippen molar-refractivity contribution in [3.05, 3.63) is 114 Å². The van der Waals surface area contributed by atoms with E-state index in [1.807, 2.05) is 12.3 Å². The van der Waals surface area contributed by atoms with Gasteiger partial charge in [-0.2, -0.15) is 5.10 Å². The SMILES string of the molecule is Cn1nncc1-c1cnn([C@@H](Cc2ccc(F)cc2)c2ccc(-c3c(-[n+]4ccn[nH]4)ccc(Cl)c3F)cn2)c1. The molecular formula is C27H21ClF2N9+. The van der Waals surface area contributed by atoms with Crippen LogP contribution in [0, 0.1) is 11.6 Å². The number of aromatic amines is 1. The second-order valence-electron chi connectivity index (χ2n) is 8.92. The Hall–Kier alpha value is -4.77. The van der Waals surface area contributed by atoms with Gasteiger partial charge in [-0.15, -0.1) is 9.78 Å². The Morgan fingerprint density at radius 2 is 1.85 bits per heavy atom. The molecule has 1 atom stereocenters. The minimum absolute atomic E-state index is 0.000790. The van der Waals surface area contributed by atoms with Crippen LogP contribution in [0.15, 0.2) is 85.7 Å². The zero-order valence-electron chi connectivity index (χ0n) is 20.6. The third-order valence-corrected chi connectivity index (χ3v) is 6.77. The van der Waals surface area contributed by atoms with Gasteiger partial charge >= 0.3 is 0 Å². The quantitative estimate of drug-likeness (QED) is 0.299. The van der Waals surface area contributed by atoms with Crippen LogP contribution < -0.4 is 4.68 Å². The van der Waals surface area contributed by atoms with Gasteiger partial charge in [0.05, 0.1) is 40.4 Å². The molecule has 0 bridgehead atoms. The highest BCUT2D eigenvalue weighted by Crippen LogP contribution is 2.32. The largest absolute Gasteiger partial charge is 0.263 e. The molecule has 0 radical (unpaired) electrons. The number of benzene rings is 2. The smallest absolute Gasteiger partial charge is 0.206 e. The van der Waals surface area contributed by atoms with Crippen molar-refractivity contribution in [2.45, 2.75) is 12.5 Å². The Bertz CT molecular complexity index is 1730. The van der Waals surface area contributed by atoms with Crippen LogP contribution in [0.5, 0.6) is 0 Å². The van der Waals surface area contributed by atoms with Crippen LogP contribution in [0.4, 0.5) is 8.78 Å². The fraction of sp³-hybridized carbons (Fsp3) is 0.111. The van der Waals surface area contributed by atoms with Crippen molar-refractivity contribution < 1.29 is 13.5 Å². The van der Waals surface area contributed by atoms with E-state index in [1.165, 1.54) is 18.2 Å². The molecule has 12 heteroatoms. The van der Waals surface area contributed by atoms with Crippen molar-refractivity contribution in [2.24, 2.45) is 7.05 Å². The Labute approximate surface area is 226 Å². The van der Waals surface area contributed by atoms with Crippen LogP contribution >= 0.6 is 11.6 Å². The lowest BCUT2D eigenvalue weighted by atomic mass is 10.0. The van der Waals surface area contributed by atoms with Gasteiger partial charge in [-0.25, -0.2) is 13.5 Å². The number of halogens is 3. The summed E-state index contributed by atoms with van der Waals surface area (Å²) in [7, 11) is 1.81. The molecule has 0 saturated heterocycles. The van der Waals surface area contributed by atoms with E-state index in [-0.39, 0.29) is 22.4 Å². The lowest BCUT2D eigenvalue weighted by molar-refractivity contribution is -0.659. The second kappa shape index (κ2) is 10.2. The lowest BCUT2D eigenvalue weighted by Crippen LogP contribution is -2.33. The predicted octanol–water partition coefficient (Wildman–Crippen LogP) is 4.50. The van der Waals surface area contributed by atoms with Crippen molar-refractivity contribution in [3.8, 4) is 28.1 Å². The highest BCUT2D eigenvalue weighted by molar-refractivity contribution is 6.31. The van der Waals surface area contributed by atoms with Gasteiger partial charge in [-0.05, 0) is 35.9 Å². The molecule has 6 rings (SSSR count). The first-order chi connectivity index (χ1) is 19.0. The van der Waals surface area contributed by atoms with E-state index in [9.17, 15) is 4.39 Å². The summed E-state index contributed by atoms with van der Waals surface area (Å²) in [6.45, 7) is 0. The minimum atomic E-state index is -0.560. The number of rotatable bonds is 7. The van der Waals surface area contributed by atoms with Crippen LogP contribution in [0.3, 0.4) is 0 Å². The van der Waals surface area contributed by atoms with Crippen LogP contribution in [-0.2, 0) is 13.5 Å². The van der Waals surface area contributed by atoms with Gasteiger partial charge in [0.1, 0.15) is 5.82 Å². The number of nitrogens with one attached hydrogen (secondary N) is 1. The van der Waals surface area contributed by atoms with Crippen LogP contribution in [0.1, 0.15) is 17.3 Å². The minimum Gasteiger partial charge on any atom is -0.263 e. The van der Waals surface area contributed by atoms with E-state index < -0.39 is 5.82 Å². The molecule has 2 aromatic carbocycles. The van der Waals surface area contributed by atoms with Crippen LogP contribution in [-0.4, -0.2) is 40.1 Å². The summed E-state index contributed by atoms with van der Waals surface area (Å²) < 4.78 is 33.9. The van der Waals surface area contributed by atoms with Gasteiger partial charge in [-0.1, -0.05) is 40.2 Å². The van der Waals surface area contributed by atoms with Crippen LogP contribution in [0.25, 0.3) is 28.1 Å². The number of hydrogen-bond acceptors (Lipinski definition) is 5. The first-order valence-corrected chi connectivity index (χ1v) is 12.3. The molecule has 9 nitrogen and oxygen atoms in total. The molecular weight excluding hydrogens is 524 g/mol. The molecule has 0 aliphatic rings. The number of aromatic nitrogens is 9. The summed E-state index contributed by atoms with van der Waals surface area (Å²) in [5, 5.41) is 19.3. The fourth-order valence-corrected chi connectivity index (χ4v) is 4.66. The zero-order chi connectivity index (χ0) is 26.9. The zero-order valence-corrected chi connectivity index (χ0v) is 21.3. The summed E-state index contributed by atoms with van der Waals surface area (Å²) in [4.78, 5) is 4.72. The van der Waals surface area contributed by atoms with E-state index in [1.54, 1.807) is 76.3 Å². The normalized spacial score (nSPS) is 12.1. The Balaban J connectivity index is 1.40. The predicted molar refractivity (Wildman–Crippen MR) is 139 cm³/mol. The maximum Gasteiger partial charge on any atom is 0.206 e. The molecule has 0 aliphatic carbocycles. The molecule has 39 heavy (non-hydrogen) atoms. The highest BCUT2D eigenvalue weighted by Gasteiger charge is 2.22. The number of nitrogens with zero attached hydrogens (tertiary/aromatic N) is 8. The molecule has 6 aromatic rings. The van der Waals surface area contributed by atoms with Gasteiger partial charge in [0.15, 0.2) is 17.7 Å². The molecule has 4 heterocycles. The van der Waals surface area contributed by atoms with Gasteiger partial charge in [-0.3, -0.25) is 9.67 Å². The Morgan fingerprint density at radius 3 is 2.54 bits per heavy atom. The molecule has 0 spiro atoms. The summed E-state index contributed by atoms with van der Waals surface area (Å²) in [5.74, 6) is -0.868. The maximum absolute atomic E-state index is 15.3. The number of H-pyrrole nitrogens is 1. The van der Waals surface area contributed by atoms with Gasteiger partial charge in [0, 0.05) is 42.1 Å². The van der Waals surface area contributed by atoms with Crippen molar-refractivity contribution >= 4 is 11.6 Å². The number of hydrogen-bond donors (Lipinski definition) is 1. The first kappa shape index (κ1) is 24.6. The third-order valence-electron chi connectivity index (χ3n) is 6.48. The molecule has 4 aromatic heterocycles. The van der Waals surface area contributed by atoms with E-state index in [0.717, 1.165) is 16.8 Å². The van der Waals surface area contributed by atoms with Crippen molar-refractivity contribution in [1.29, 1.82) is 0 Å².